The Morgan fingerprint density at radius 2 is 2.12 bits per heavy atom. The highest BCUT2D eigenvalue weighted by Gasteiger charge is 2.21. The second-order valence-corrected chi connectivity index (χ2v) is 5.08. The van der Waals surface area contributed by atoms with Gasteiger partial charge in [-0.15, -0.1) is 0 Å². The van der Waals surface area contributed by atoms with Crippen molar-refractivity contribution in [3.63, 3.8) is 0 Å². The zero-order valence-corrected chi connectivity index (χ0v) is 13.6. The lowest BCUT2D eigenvalue weighted by Gasteiger charge is -2.04. The number of H-pyrrole nitrogens is 1. The maximum atomic E-state index is 13.2. The quantitative estimate of drug-likeness (QED) is 0.759. The molecule has 0 radical (unpaired) electrons. The molecule has 2 aromatic rings. The number of pyridine rings is 1. The first-order valence-corrected chi connectivity index (χ1v) is 7.73. The molecule has 2 N–H and O–H groups in total. The molecule has 8 heteroatoms. The Hall–Kier alpha value is -2.77. The number of carbonyl (C=O) groups is 2. The summed E-state index contributed by atoms with van der Waals surface area (Å²) in [6, 6.07) is 1.05. The van der Waals surface area contributed by atoms with Crippen LogP contribution in [-0.2, 0) is 11.2 Å². The first-order valence-electron chi connectivity index (χ1n) is 7.73. The molecular weight excluding hydrogens is 315 g/mol. The number of amides is 1. The maximum absolute atomic E-state index is 13.2. The van der Waals surface area contributed by atoms with Crippen LogP contribution >= 0.6 is 0 Å². The second kappa shape index (κ2) is 8.19. The molecule has 0 saturated heterocycles. The predicted molar refractivity (Wildman–Crippen MR) is 85.3 cm³/mol. The highest BCUT2D eigenvalue weighted by Crippen LogP contribution is 2.17. The lowest BCUT2D eigenvalue weighted by molar-refractivity contribution is 0.0521. The number of anilines is 1. The van der Waals surface area contributed by atoms with E-state index in [0.29, 0.717) is 12.2 Å². The summed E-state index contributed by atoms with van der Waals surface area (Å²) in [5.74, 6) is -1.21. The number of esters is 1. The van der Waals surface area contributed by atoms with E-state index in [0.717, 1.165) is 25.1 Å². The Labute approximate surface area is 138 Å². The molecule has 0 bridgehead atoms. The lowest BCUT2D eigenvalue weighted by Crippen LogP contribution is -2.16. The third kappa shape index (κ3) is 4.37. The summed E-state index contributed by atoms with van der Waals surface area (Å²) in [6.45, 7) is 3.92. The van der Waals surface area contributed by atoms with Crippen LogP contribution < -0.4 is 5.32 Å². The number of aryl methyl sites for hydroxylation is 1. The van der Waals surface area contributed by atoms with Gasteiger partial charge in [-0.3, -0.25) is 9.78 Å². The van der Waals surface area contributed by atoms with Crippen molar-refractivity contribution in [3.05, 3.63) is 41.4 Å². The summed E-state index contributed by atoms with van der Waals surface area (Å²) in [6.07, 6.45) is 4.72. The fourth-order valence-corrected chi connectivity index (χ4v) is 2.04. The molecule has 2 rings (SSSR count). The van der Waals surface area contributed by atoms with Gasteiger partial charge in [-0.05, 0) is 19.4 Å². The Bertz CT molecular complexity index is 730. The smallest absolute Gasteiger partial charge is 0.358 e. The molecular formula is C16H19FN4O3. The molecule has 7 nitrogen and oxygen atoms in total. The van der Waals surface area contributed by atoms with Crippen molar-refractivity contribution in [2.45, 2.75) is 33.1 Å². The van der Waals surface area contributed by atoms with Crippen molar-refractivity contribution >= 4 is 17.7 Å². The van der Waals surface area contributed by atoms with E-state index in [9.17, 15) is 14.0 Å². The number of nitrogens with one attached hydrogen (secondary N) is 2. The van der Waals surface area contributed by atoms with Crippen molar-refractivity contribution in [3.8, 4) is 0 Å². The normalized spacial score (nSPS) is 10.5. The Morgan fingerprint density at radius 3 is 2.79 bits per heavy atom. The number of aromatic amines is 1. The molecule has 0 atom stereocenters. The van der Waals surface area contributed by atoms with Crippen LogP contribution in [0.25, 0.3) is 0 Å². The van der Waals surface area contributed by atoms with Gasteiger partial charge in [-0.25, -0.2) is 14.2 Å². The highest BCUT2D eigenvalue weighted by atomic mass is 19.1. The van der Waals surface area contributed by atoms with Crippen LogP contribution in [0.4, 0.5) is 10.2 Å². The maximum Gasteiger partial charge on any atom is 0.358 e. The van der Waals surface area contributed by atoms with Crippen molar-refractivity contribution in [1.29, 1.82) is 0 Å². The number of halogens is 1. The van der Waals surface area contributed by atoms with Crippen molar-refractivity contribution in [1.82, 2.24) is 15.0 Å². The first kappa shape index (κ1) is 17.6. The molecule has 1 amide bonds. The largest absolute Gasteiger partial charge is 0.461 e. The third-order valence-corrected chi connectivity index (χ3v) is 3.20. The van der Waals surface area contributed by atoms with E-state index in [1.807, 2.05) is 6.92 Å². The summed E-state index contributed by atoms with van der Waals surface area (Å²) >= 11 is 0. The van der Waals surface area contributed by atoms with Gasteiger partial charge < -0.3 is 15.0 Å². The molecule has 0 fully saturated rings. The van der Waals surface area contributed by atoms with E-state index in [4.69, 9.17) is 4.74 Å². The Balaban J connectivity index is 2.24. The minimum absolute atomic E-state index is 0.0305. The number of rotatable bonds is 7. The Morgan fingerprint density at radius 1 is 1.33 bits per heavy atom. The molecule has 0 saturated carbocycles. The molecule has 0 aliphatic rings. The van der Waals surface area contributed by atoms with Crippen molar-refractivity contribution in [2.75, 3.05) is 11.9 Å². The van der Waals surface area contributed by atoms with Crippen LogP contribution in [0.2, 0.25) is 0 Å². The van der Waals surface area contributed by atoms with Crippen LogP contribution in [0.3, 0.4) is 0 Å². The van der Waals surface area contributed by atoms with Gasteiger partial charge in [0.2, 0.25) is 0 Å². The molecule has 0 aliphatic carbocycles. The zero-order valence-electron chi connectivity index (χ0n) is 13.6. The number of hydrogen-bond acceptors (Lipinski definition) is 5. The summed E-state index contributed by atoms with van der Waals surface area (Å²) < 4.78 is 18.1. The molecule has 2 aromatic heterocycles. The Kier molecular flexibility index (Phi) is 6.00. The zero-order chi connectivity index (χ0) is 17.5. The van der Waals surface area contributed by atoms with Crippen LogP contribution in [-0.4, -0.2) is 33.4 Å². The lowest BCUT2D eigenvalue weighted by atomic mass is 10.2. The van der Waals surface area contributed by atoms with Crippen LogP contribution in [0.5, 0.6) is 0 Å². The molecule has 2 heterocycles. The molecule has 0 spiro atoms. The SMILES string of the molecule is CCCCc1nc(NC(=O)c2cncc(F)c2)c(C(=O)OCC)[nH]1. The van der Waals surface area contributed by atoms with Gasteiger partial charge in [0.15, 0.2) is 11.5 Å². The number of imidazole rings is 1. The van der Waals surface area contributed by atoms with E-state index in [1.165, 1.54) is 6.20 Å². The minimum atomic E-state index is -0.626. The van der Waals surface area contributed by atoms with Crippen molar-refractivity contribution < 1.29 is 18.7 Å². The first-order chi connectivity index (χ1) is 11.5. The monoisotopic (exact) mass is 334 g/mol. The summed E-state index contributed by atoms with van der Waals surface area (Å²) in [7, 11) is 0. The van der Waals surface area contributed by atoms with Crippen LogP contribution in [0.15, 0.2) is 18.5 Å². The van der Waals surface area contributed by atoms with Gasteiger partial charge in [-0.1, -0.05) is 13.3 Å². The number of unbranched alkanes of at least 4 members (excludes halogenated alkanes) is 1. The van der Waals surface area contributed by atoms with E-state index in [2.05, 4.69) is 20.3 Å². The predicted octanol–water partition coefficient (Wildman–Crippen LogP) is 2.72. The number of nitrogens with zero attached hydrogens (tertiary/aromatic N) is 2. The average molecular weight is 334 g/mol. The van der Waals surface area contributed by atoms with Gasteiger partial charge in [0.05, 0.1) is 18.4 Å². The van der Waals surface area contributed by atoms with Crippen molar-refractivity contribution in [2.24, 2.45) is 0 Å². The van der Waals surface area contributed by atoms with E-state index >= 15 is 0 Å². The van der Waals surface area contributed by atoms with E-state index in [1.54, 1.807) is 6.92 Å². The fraction of sp³-hybridized carbons (Fsp3) is 0.375. The second-order valence-electron chi connectivity index (χ2n) is 5.08. The summed E-state index contributed by atoms with van der Waals surface area (Å²) in [5.41, 5.74) is 0.101. The highest BCUT2D eigenvalue weighted by molar-refractivity contribution is 6.06. The fourth-order valence-electron chi connectivity index (χ4n) is 2.04. The molecule has 0 aliphatic heterocycles. The van der Waals surface area contributed by atoms with Crippen LogP contribution in [0.1, 0.15) is 53.4 Å². The average Bonchev–Trinajstić information content (AvgIpc) is 2.96. The number of hydrogen-bond donors (Lipinski definition) is 2. The third-order valence-electron chi connectivity index (χ3n) is 3.20. The summed E-state index contributed by atoms with van der Waals surface area (Å²) in [4.78, 5) is 34.9. The number of carbonyl (C=O) groups excluding carboxylic acids is 2. The molecule has 128 valence electrons. The summed E-state index contributed by atoms with van der Waals surface area (Å²) in [5, 5.41) is 2.50. The number of aromatic nitrogens is 3. The topological polar surface area (TPSA) is 97.0 Å². The van der Waals surface area contributed by atoms with Gasteiger partial charge in [0.25, 0.3) is 5.91 Å². The standard InChI is InChI=1S/C16H19FN4O3/c1-3-5-6-12-19-13(16(23)24-4-2)14(20-12)21-15(22)10-7-11(17)9-18-8-10/h7-9H,3-6H2,1-2H3,(H,19,20)(H,21,22). The molecule has 24 heavy (non-hydrogen) atoms. The number of ether oxygens (including phenoxy) is 1. The molecule has 0 aromatic carbocycles. The van der Waals surface area contributed by atoms with Gasteiger partial charge in [0.1, 0.15) is 11.6 Å². The van der Waals surface area contributed by atoms with E-state index in [-0.39, 0.29) is 23.7 Å². The van der Waals surface area contributed by atoms with E-state index < -0.39 is 17.7 Å². The van der Waals surface area contributed by atoms with Gasteiger partial charge >= 0.3 is 5.97 Å². The van der Waals surface area contributed by atoms with Gasteiger partial charge in [-0.2, -0.15) is 0 Å². The van der Waals surface area contributed by atoms with Crippen LogP contribution in [0, 0.1) is 5.82 Å². The molecule has 0 unspecified atom stereocenters. The van der Waals surface area contributed by atoms with Gasteiger partial charge in [0, 0.05) is 12.6 Å². The minimum Gasteiger partial charge on any atom is -0.461 e.